The van der Waals surface area contributed by atoms with E-state index in [1.54, 1.807) is 12.4 Å². The molecule has 3 aliphatic carbocycles. The molecule has 0 saturated heterocycles. The van der Waals surface area contributed by atoms with Gasteiger partial charge in [0.1, 0.15) is 11.6 Å². The van der Waals surface area contributed by atoms with E-state index in [1.807, 2.05) is 41.5 Å². The Balaban J connectivity index is 0.979. The monoisotopic (exact) mass is 802 g/mol. The Bertz CT molecular complexity index is 1910. The third-order valence-electron chi connectivity index (χ3n) is 12.8. The molecule has 5 atom stereocenters. The Morgan fingerprint density at radius 2 is 0.948 bits per heavy atom. The first-order chi connectivity index (χ1) is 27.2. The molecule has 7 rings (SSSR count). The lowest BCUT2D eigenvalue weighted by atomic mass is 9.83. The molecule has 2 aromatic carbocycles. The van der Waals surface area contributed by atoms with Gasteiger partial charge in [-0.1, -0.05) is 97.0 Å². The van der Waals surface area contributed by atoms with E-state index in [9.17, 15) is 27.2 Å². The average molecular weight is 803 g/mol. The Labute approximate surface area is 339 Å². The van der Waals surface area contributed by atoms with Gasteiger partial charge in [-0.3, -0.25) is 9.59 Å². The van der Waals surface area contributed by atoms with Crippen molar-refractivity contribution < 1.29 is 27.2 Å². The molecule has 3 saturated carbocycles. The number of amides is 2. The van der Waals surface area contributed by atoms with E-state index in [2.05, 4.69) is 86.0 Å². The number of H-pyrrole nitrogens is 2. The zero-order chi connectivity index (χ0) is 41.8. The Kier molecular flexibility index (Phi) is 11.2. The summed E-state index contributed by atoms with van der Waals surface area (Å²) in [4.78, 5) is 42.5. The van der Waals surface area contributed by atoms with E-state index < -0.39 is 35.8 Å². The lowest BCUT2D eigenvalue weighted by molar-refractivity contribution is -0.131. The molecule has 2 heterocycles. The van der Waals surface area contributed by atoms with Crippen molar-refractivity contribution in [2.75, 3.05) is 0 Å². The first kappa shape index (κ1) is 41.7. The lowest BCUT2D eigenvalue weighted by Gasteiger charge is -2.33. The Hall–Kier alpha value is -4.48. The minimum absolute atomic E-state index is 0.184. The minimum atomic E-state index is -2.68. The van der Waals surface area contributed by atoms with Crippen LogP contribution in [0, 0.1) is 28.6 Å². The maximum atomic E-state index is 13.7. The number of rotatable bonds is 10. The smallest absolute Gasteiger partial charge is 0.248 e. The molecule has 3 aliphatic rings. The van der Waals surface area contributed by atoms with Crippen LogP contribution in [0.1, 0.15) is 147 Å². The molecule has 58 heavy (non-hydrogen) atoms. The fourth-order valence-electron chi connectivity index (χ4n) is 9.03. The van der Waals surface area contributed by atoms with Gasteiger partial charge in [0, 0.05) is 37.5 Å². The average Bonchev–Trinajstić information content (AvgIpc) is 3.47. The number of nitrogens with one attached hydrogen (secondary N) is 4. The van der Waals surface area contributed by atoms with Crippen LogP contribution in [0.15, 0.2) is 60.9 Å². The molecule has 4 N–H and O–H groups in total. The third-order valence-corrected chi connectivity index (χ3v) is 12.8. The summed E-state index contributed by atoms with van der Waals surface area (Å²) in [5.74, 6) is -4.11. The van der Waals surface area contributed by atoms with Gasteiger partial charge in [-0.25, -0.2) is 27.5 Å². The fraction of sp³-hybridized carbons (Fsp3) is 0.565. The zero-order valence-corrected chi connectivity index (χ0v) is 34.7. The van der Waals surface area contributed by atoms with Crippen molar-refractivity contribution in [2.24, 2.45) is 28.6 Å². The molecule has 4 aromatic rings. The summed E-state index contributed by atoms with van der Waals surface area (Å²) in [5.41, 5.74) is 5.45. The van der Waals surface area contributed by atoms with Crippen LogP contribution < -0.4 is 10.6 Å². The van der Waals surface area contributed by atoms with Gasteiger partial charge < -0.3 is 20.6 Å². The summed E-state index contributed by atoms with van der Waals surface area (Å²) in [7, 11) is 0. The van der Waals surface area contributed by atoms with Crippen molar-refractivity contribution in [3.05, 3.63) is 83.7 Å². The van der Waals surface area contributed by atoms with Crippen molar-refractivity contribution in [1.82, 2.24) is 30.6 Å². The molecule has 8 nitrogen and oxygen atoms in total. The number of nitrogens with zero attached hydrogens (tertiary/aromatic N) is 2. The normalized spacial score (nSPS) is 23.5. The number of benzene rings is 2. The highest BCUT2D eigenvalue weighted by Crippen LogP contribution is 2.60. The molecular weight excluding hydrogens is 745 g/mol. The van der Waals surface area contributed by atoms with Gasteiger partial charge in [-0.15, -0.1) is 0 Å². The fourth-order valence-corrected chi connectivity index (χ4v) is 9.03. The lowest BCUT2D eigenvalue weighted by Crippen LogP contribution is -2.42. The van der Waals surface area contributed by atoms with Gasteiger partial charge in [-0.05, 0) is 76.5 Å². The number of carbonyl (C=O) groups excluding carboxylic acids is 2. The largest absolute Gasteiger partial charge is 0.345 e. The highest BCUT2D eigenvalue weighted by Gasteiger charge is 2.48. The molecule has 4 unspecified atom stereocenters. The third kappa shape index (κ3) is 9.20. The second-order valence-electron chi connectivity index (χ2n) is 19.4. The number of carbonyl (C=O) groups is 2. The van der Waals surface area contributed by atoms with Crippen molar-refractivity contribution in [3.63, 3.8) is 0 Å². The molecule has 2 amide bonds. The molecule has 0 spiro atoms. The first-order valence-corrected chi connectivity index (χ1v) is 20.9. The second kappa shape index (κ2) is 15.6. The van der Waals surface area contributed by atoms with Gasteiger partial charge in [0.25, 0.3) is 0 Å². The van der Waals surface area contributed by atoms with Crippen LogP contribution in [0.3, 0.4) is 0 Å². The molecule has 2 aromatic heterocycles. The number of imidazole rings is 2. The van der Waals surface area contributed by atoms with E-state index in [1.165, 1.54) is 11.1 Å². The van der Waals surface area contributed by atoms with Crippen molar-refractivity contribution >= 4 is 11.8 Å². The number of halogens is 4. The van der Waals surface area contributed by atoms with Crippen LogP contribution in [0.5, 0.6) is 0 Å². The summed E-state index contributed by atoms with van der Waals surface area (Å²) in [5, 5.41) is 6.24. The summed E-state index contributed by atoms with van der Waals surface area (Å²) in [6.07, 6.45) is 3.28. The van der Waals surface area contributed by atoms with E-state index in [0.29, 0.717) is 29.4 Å². The van der Waals surface area contributed by atoms with Gasteiger partial charge >= 0.3 is 0 Å². The van der Waals surface area contributed by atoms with Gasteiger partial charge in [0.2, 0.25) is 23.7 Å². The minimum Gasteiger partial charge on any atom is -0.345 e. The quantitative estimate of drug-likeness (QED) is 0.120. The van der Waals surface area contributed by atoms with Gasteiger partial charge in [0.15, 0.2) is 0 Å². The van der Waals surface area contributed by atoms with Crippen LogP contribution in [0.25, 0.3) is 22.5 Å². The van der Waals surface area contributed by atoms with E-state index in [-0.39, 0.29) is 74.0 Å². The van der Waals surface area contributed by atoms with Crippen LogP contribution in [0.4, 0.5) is 17.6 Å². The van der Waals surface area contributed by atoms with Crippen LogP contribution >= 0.6 is 0 Å². The van der Waals surface area contributed by atoms with E-state index >= 15 is 0 Å². The predicted octanol–water partition coefficient (Wildman–Crippen LogP) is 11.0. The molecule has 0 radical (unpaired) electrons. The SMILES string of the molecule is CC1C(c2ccc(-c3cnc(C(NC(=O)C4CCC(F)(F)CC4)C(C)(C)C)[nH]3)cc2)C1c1ccc(-c2cnc([C@@H](NC(=O)C3CCC(F)(F)CC3)C(C)(C)C)[nH]2)cc1. The standard InChI is InChI=1S/C46H58F4N6O2/c1-26-35(29-12-8-27(9-13-29)33-24-51-39(53-33)37(43(2,3)4)55-41(57)31-16-20-45(47,48)21-17-31)36(26)30-14-10-28(11-15-30)34-25-52-40(54-34)38(44(5,6)7)56-42(58)32-18-22-46(49,50)23-19-32/h8-15,24-26,31-32,35-38H,16-23H2,1-7H3,(H,51,53)(H,52,54)(H,55,57)(H,56,58)/t26?,35?,36?,37-,38?/m1/s1. The summed E-state index contributed by atoms with van der Waals surface area (Å²) >= 11 is 0. The number of alkyl halides is 4. The van der Waals surface area contributed by atoms with Crippen LogP contribution in [0.2, 0.25) is 0 Å². The van der Waals surface area contributed by atoms with Gasteiger partial charge in [0.05, 0.1) is 35.9 Å². The predicted molar refractivity (Wildman–Crippen MR) is 217 cm³/mol. The maximum absolute atomic E-state index is 13.7. The zero-order valence-electron chi connectivity index (χ0n) is 34.7. The summed E-state index contributed by atoms with van der Waals surface area (Å²) < 4.78 is 54.9. The van der Waals surface area contributed by atoms with Crippen molar-refractivity contribution in [1.29, 1.82) is 0 Å². The molecule has 12 heteroatoms. The van der Waals surface area contributed by atoms with E-state index in [4.69, 9.17) is 0 Å². The van der Waals surface area contributed by atoms with Gasteiger partial charge in [-0.2, -0.15) is 0 Å². The molecule has 3 fully saturated rings. The van der Waals surface area contributed by atoms with Crippen LogP contribution in [-0.4, -0.2) is 43.6 Å². The summed E-state index contributed by atoms with van der Waals surface area (Å²) in [6.45, 7) is 14.4. The molecular formula is C46H58F4N6O2. The molecule has 0 bridgehead atoms. The Morgan fingerprint density at radius 1 is 0.621 bits per heavy atom. The number of aromatic amines is 2. The number of hydrogen-bond acceptors (Lipinski definition) is 4. The summed E-state index contributed by atoms with van der Waals surface area (Å²) in [6, 6.07) is 16.3. The van der Waals surface area contributed by atoms with E-state index in [0.717, 1.165) is 22.5 Å². The topological polar surface area (TPSA) is 116 Å². The van der Waals surface area contributed by atoms with Crippen molar-refractivity contribution in [2.45, 2.75) is 136 Å². The maximum Gasteiger partial charge on any atom is 0.248 e. The molecule has 312 valence electrons. The van der Waals surface area contributed by atoms with Crippen molar-refractivity contribution in [3.8, 4) is 22.5 Å². The number of aromatic nitrogens is 4. The first-order valence-electron chi connectivity index (χ1n) is 20.9. The van der Waals surface area contributed by atoms with Crippen LogP contribution in [-0.2, 0) is 9.59 Å². The number of hydrogen-bond donors (Lipinski definition) is 4. The second-order valence-corrected chi connectivity index (χ2v) is 19.4. The Morgan fingerprint density at radius 3 is 1.26 bits per heavy atom. The molecule has 0 aliphatic heterocycles. The highest BCUT2D eigenvalue weighted by atomic mass is 19.3. The highest BCUT2D eigenvalue weighted by molar-refractivity contribution is 5.80.